The molecule has 1 aromatic rings. The van der Waals surface area contributed by atoms with Gasteiger partial charge in [-0.2, -0.15) is 0 Å². The standard InChI is InChI=1S/C13H21NO/c1-11(2)14-10-9-12(3)15-13-7-5-4-6-8-13/h4-8,11-12,14H,9-10H2,1-3H3. The average Bonchev–Trinajstić information content (AvgIpc) is 2.18. The maximum absolute atomic E-state index is 5.76. The lowest BCUT2D eigenvalue weighted by atomic mass is 10.2. The maximum atomic E-state index is 5.76. The van der Waals surface area contributed by atoms with Gasteiger partial charge in [-0.15, -0.1) is 0 Å². The molecule has 1 rings (SSSR count). The molecular formula is C13H21NO. The Morgan fingerprint density at radius 3 is 2.40 bits per heavy atom. The third-order valence-corrected chi connectivity index (χ3v) is 2.18. The van der Waals surface area contributed by atoms with Crippen molar-refractivity contribution in [1.82, 2.24) is 5.32 Å². The van der Waals surface area contributed by atoms with Crippen molar-refractivity contribution in [2.24, 2.45) is 0 Å². The number of nitrogens with one attached hydrogen (secondary N) is 1. The highest BCUT2D eigenvalue weighted by atomic mass is 16.5. The minimum Gasteiger partial charge on any atom is -0.491 e. The average molecular weight is 207 g/mol. The van der Waals surface area contributed by atoms with Crippen LogP contribution in [0.3, 0.4) is 0 Å². The van der Waals surface area contributed by atoms with Gasteiger partial charge < -0.3 is 10.1 Å². The summed E-state index contributed by atoms with van der Waals surface area (Å²) in [4.78, 5) is 0. The summed E-state index contributed by atoms with van der Waals surface area (Å²) < 4.78 is 5.76. The summed E-state index contributed by atoms with van der Waals surface area (Å²) in [6.07, 6.45) is 1.30. The zero-order valence-corrected chi connectivity index (χ0v) is 9.86. The molecule has 0 heterocycles. The number of hydrogen-bond acceptors (Lipinski definition) is 2. The molecule has 84 valence electrons. The summed E-state index contributed by atoms with van der Waals surface area (Å²) >= 11 is 0. The second-order valence-corrected chi connectivity index (χ2v) is 4.14. The van der Waals surface area contributed by atoms with Gasteiger partial charge in [0.25, 0.3) is 0 Å². The van der Waals surface area contributed by atoms with E-state index >= 15 is 0 Å². The Hall–Kier alpha value is -1.02. The van der Waals surface area contributed by atoms with Crippen LogP contribution in [-0.2, 0) is 0 Å². The Morgan fingerprint density at radius 2 is 1.80 bits per heavy atom. The Morgan fingerprint density at radius 1 is 1.13 bits per heavy atom. The molecule has 0 aliphatic heterocycles. The van der Waals surface area contributed by atoms with E-state index in [0.717, 1.165) is 18.7 Å². The first-order chi connectivity index (χ1) is 7.18. The maximum Gasteiger partial charge on any atom is 0.119 e. The van der Waals surface area contributed by atoms with Crippen LogP contribution in [0, 0.1) is 0 Å². The van der Waals surface area contributed by atoms with Gasteiger partial charge in [0.1, 0.15) is 5.75 Å². The Kier molecular flexibility index (Phi) is 5.19. The smallest absolute Gasteiger partial charge is 0.119 e. The van der Waals surface area contributed by atoms with Crippen LogP contribution in [0.15, 0.2) is 30.3 Å². The van der Waals surface area contributed by atoms with Crippen LogP contribution in [-0.4, -0.2) is 18.7 Å². The summed E-state index contributed by atoms with van der Waals surface area (Å²) in [6.45, 7) is 7.42. The van der Waals surface area contributed by atoms with Crippen LogP contribution in [0.1, 0.15) is 27.2 Å². The first-order valence-corrected chi connectivity index (χ1v) is 5.63. The summed E-state index contributed by atoms with van der Waals surface area (Å²) in [5.74, 6) is 0.953. The van der Waals surface area contributed by atoms with Crippen molar-refractivity contribution in [2.45, 2.75) is 39.3 Å². The number of ether oxygens (including phenoxy) is 1. The fourth-order valence-electron chi connectivity index (χ4n) is 1.37. The topological polar surface area (TPSA) is 21.3 Å². The zero-order chi connectivity index (χ0) is 11.1. The molecule has 1 N–H and O–H groups in total. The molecule has 0 amide bonds. The lowest BCUT2D eigenvalue weighted by molar-refractivity contribution is 0.209. The number of para-hydroxylation sites is 1. The van der Waals surface area contributed by atoms with Crippen LogP contribution < -0.4 is 10.1 Å². The molecule has 0 bridgehead atoms. The van der Waals surface area contributed by atoms with Gasteiger partial charge in [0, 0.05) is 6.04 Å². The van der Waals surface area contributed by atoms with Crippen molar-refractivity contribution in [3.63, 3.8) is 0 Å². The molecular weight excluding hydrogens is 186 g/mol. The third kappa shape index (κ3) is 5.43. The normalized spacial score (nSPS) is 12.8. The van der Waals surface area contributed by atoms with Crippen molar-refractivity contribution in [1.29, 1.82) is 0 Å². The molecule has 0 saturated carbocycles. The zero-order valence-electron chi connectivity index (χ0n) is 9.86. The van der Waals surface area contributed by atoms with Crippen molar-refractivity contribution < 1.29 is 4.74 Å². The molecule has 1 atom stereocenters. The lowest BCUT2D eigenvalue weighted by Gasteiger charge is -2.15. The largest absolute Gasteiger partial charge is 0.491 e. The third-order valence-electron chi connectivity index (χ3n) is 2.18. The van der Waals surface area contributed by atoms with Crippen LogP contribution in [0.4, 0.5) is 0 Å². The molecule has 0 fully saturated rings. The lowest BCUT2D eigenvalue weighted by Crippen LogP contribution is -2.27. The van der Waals surface area contributed by atoms with Crippen molar-refractivity contribution in [2.75, 3.05) is 6.54 Å². The molecule has 0 aliphatic rings. The van der Waals surface area contributed by atoms with E-state index in [1.54, 1.807) is 0 Å². The monoisotopic (exact) mass is 207 g/mol. The summed E-state index contributed by atoms with van der Waals surface area (Å²) in [6, 6.07) is 10.5. The van der Waals surface area contributed by atoms with Crippen molar-refractivity contribution >= 4 is 0 Å². The molecule has 0 aromatic heterocycles. The highest BCUT2D eigenvalue weighted by molar-refractivity contribution is 5.21. The Balaban J connectivity index is 2.21. The Labute approximate surface area is 92.6 Å². The van der Waals surface area contributed by atoms with Gasteiger partial charge in [0.15, 0.2) is 0 Å². The van der Waals surface area contributed by atoms with E-state index in [1.165, 1.54) is 0 Å². The first-order valence-electron chi connectivity index (χ1n) is 5.63. The molecule has 2 heteroatoms. The van der Waals surface area contributed by atoms with Gasteiger partial charge in [-0.1, -0.05) is 32.0 Å². The highest BCUT2D eigenvalue weighted by Crippen LogP contribution is 2.11. The van der Waals surface area contributed by atoms with E-state index in [-0.39, 0.29) is 6.10 Å². The molecule has 0 saturated heterocycles. The van der Waals surface area contributed by atoms with E-state index in [2.05, 4.69) is 26.1 Å². The number of rotatable bonds is 6. The van der Waals surface area contributed by atoms with Gasteiger partial charge in [-0.05, 0) is 32.0 Å². The fraction of sp³-hybridized carbons (Fsp3) is 0.538. The van der Waals surface area contributed by atoms with Gasteiger partial charge in [0.2, 0.25) is 0 Å². The van der Waals surface area contributed by atoms with Gasteiger partial charge in [-0.25, -0.2) is 0 Å². The quantitative estimate of drug-likeness (QED) is 0.774. The van der Waals surface area contributed by atoms with Crippen LogP contribution in [0.2, 0.25) is 0 Å². The molecule has 0 aliphatic carbocycles. The van der Waals surface area contributed by atoms with E-state index in [0.29, 0.717) is 6.04 Å². The summed E-state index contributed by atoms with van der Waals surface area (Å²) in [5.41, 5.74) is 0. The predicted molar refractivity (Wildman–Crippen MR) is 64.3 cm³/mol. The van der Waals surface area contributed by atoms with Gasteiger partial charge in [0.05, 0.1) is 6.10 Å². The molecule has 0 spiro atoms. The number of benzene rings is 1. The van der Waals surface area contributed by atoms with Crippen LogP contribution in [0.5, 0.6) is 5.75 Å². The van der Waals surface area contributed by atoms with E-state index < -0.39 is 0 Å². The predicted octanol–water partition coefficient (Wildman–Crippen LogP) is 2.84. The first kappa shape index (κ1) is 12.1. The molecule has 1 aromatic carbocycles. The molecule has 15 heavy (non-hydrogen) atoms. The van der Waals surface area contributed by atoms with Crippen molar-refractivity contribution in [3.8, 4) is 5.75 Å². The minimum atomic E-state index is 0.263. The molecule has 2 nitrogen and oxygen atoms in total. The van der Waals surface area contributed by atoms with E-state index in [4.69, 9.17) is 4.74 Å². The van der Waals surface area contributed by atoms with Crippen LogP contribution in [0.25, 0.3) is 0 Å². The van der Waals surface area contributed by atoms with E-state index in [9.17, 15) is 0 Å². The second-order valence-electron chi connectivity index (χ2n) is 4.14. The number of hydrogen-bond donors (Lipinski definition) is 1. The second kappa shape index (κ2) is 6.46. The summed E-state index contributed by atoms with van der Waals surface area (Å²) in [7, 11) is 0. The molecule has 1 unspecified atom stereocenters. The van der Waals surface area contributed by atoms with Crippen LogP contribution >= 0.6 is 0 Å². The fourth-order valence-corrected chi connectivity index (χ4v) is 1.37. The minimum absolute atomic E-state index is 0.263. The van der Waals surface area contributed by atoms with Gasteiger partial charge in [-0.3, -0.25) is 0 Å². The van der Waals surface area contributed by atoms with Crippen molar-refractivity contribution in [3.05, 3.63) is 30.3 Å². The highest BCUT2D eigenvalue weighted by Gasteiger charge is 2.03. The Bertz CT molecular complexity index is 258. The summed E-state index contributed by atoms with van der Waals surface area (Å²) in [5, 5.41) is 3.38. The SMILES string of the molecule is CC(C)NCCC(C)Oc1ccccc1. The molecule has 0 radical (unpaired) electrons. The van der Waals surface area contributed by atoms with E-state index in [1.807, 2.05) is 30.3 Å². The van der Waals surface area contributed by atoms with Gasteiger partial charge >= 0.3 is 0 Å².